The van der Waals surface area contributed by atoms with Crippen LogP contribution in [0.25, 0.3) is 0 Å². The van der Waals surface area contributed by atoms with Crippen LogP contribution in [0.2, 0.25) is 10.0 Å². The normalized spacial score (nSPS) is 10.5. The molecule has 2 N–H and O–H groups in total. The van der Waals surface area contributed by atoms with Crippen molar-refractivity contribution < 1.29 is 4.39 Å². The quantitative estimate of drug-likeness (QED) is 0.648. The standard InChI is InChI=1S/C17H13Cl2FN4/c18-12-5-6-15(13(19)7-12)24-17-8-16(22-10-23-17)21-9-11-3-1-2-4-14(11)20/h1-8,10H,9H2,(H2,21,22,23,24). The third-order valence-corrected chi connectivity index (χ3v) is 3.83. The van der Waals surface area contributed by atoms with E-state index in [-0.39, 0.29) is 5.82 Å². The average molecular weight is 363 g/mol. The van der Waals surface area contributed by atoms with Gasteiger partial charge in [0.05, 0.1) is 10.7 Å². The van der Waals surface area contributed by atoms with E-state index in [1.165, 1.54) is 12.4 Å². The monoisotopic (exact) mass is 362 g/mol. The Hall–Kier alpha value is -2.37. The predicted octanol–water partition coefficient (Wildman–Crippen LogP) is 5.28. The maximum absolute atomic E-state index is 13.6. The van der Waals surface area contributed by atoms with E-state index in [4.69, 9.17) is 23.2 Å². The number of benzene rings is 2. The van der Waals surface area contributed by atoms with Crippen molar-refractivity contribution in [3.63, 3.8) is 0 Å². The molecule has 4 nitrogen and oxygen atoms in total. The van der Waals surface area contributed by atoms with Gasteiger partial charge in [0, 0.05) is 23.2 Å². The molecule has 2 aromatic carbocycles. The van der Waals surface area contributed by atoms with Gasteiger partial charge in [0.25, 0.3) is 0 Å². The summed E-state index contributed by atoms with van der Waals surface area (Å²) in [7, 11) is 0. The summed E-state index contributed by atoms with van der Waals surface area (Å²) in [6.07, 6.45) is 1.41. The predicted molar refractivity (Wildman–Crippen MR) is 95.5 cm³/mol. The summed E-state index contributed by atoms with van der Waals surface area (Å²) in [5.74, 6) is 0.872. The Morgan fingerprint density at radius 1 is 0.958 bits per heavy atom. The van der Waals surface area contributed by atoms with Crippen molar-refractivity contribution >= 4 is 40.5 Å². The third-order valence-electron chi connectivity index (χ3n) is 3.28. The lowest BCUT2D eigenvalue weighted by Crippen LogP contribution is -2.04. The number of rotatable bonds is 5. The van der Waals surface area contributed by atoms with E-state index in [0.717, 1.165) is 0 Å². The van der Waals surface area contributed by atoms with Crippen LogP contribution in [0.5, 0.6) is 0 Å². The van der Waals surface area contributed by atoms with Gasteiger partial charge in [-0.2, -0.15) is 0 Å². The Labute approximate surface area is 148 Å². The molecule has 0 unspecified atom stereocenters. The van der Waals surface area contributed by atoms with Gasteiger partial charge in [-0.05, 0) is 24.3 Å². The highest BCUT2D eigenvalue weighted by Crippen LogP contribution is 2.28. The maximum Gasteiger partial charge on any atom is 0.135 e. The highest BCUT2D eigenvalue weighted by atomic mass is 35.5. The fourth-order valence-corrected chi connectivity index (χ4v) is 2.53. The molecule has 0 saturated carbocycles. The third kappa shape index (κ3) is 4.13. The molecule has 3 rings (SSSR count). The first-order chi connectivity index (χ1) is 11.6. The zero-order chi connectivity index (χ0) is 16.9. The molecule has 0 bridgehead atoms. The van der Waals surface area contributed by atoms with Gasteiger partial charge in [0.15, 0.2) is 0 Å². The summed E-state index contributed by atoms with van der Waals surface area (Å²) in [5, 5.41) is 7.20. The maximum atomic E-state index is 13.6. The van der Waals surface area contributed by atoms with E-state index in [9.17, 15) is 4.39 Å². The summed E-state index contributed by atoms with van der Waals surface area (Å²) in [4.78, 5) is 8.27. The molecule has 0 atom stereocenters. The van der Waals surface area contributed by atoms with E-state index in [0.29, 0.717) is 39.5 Å². The first-order valence-electron chi connectivity index (χ1n) is 7.13. The Morgan fingerprint density at radius 3 is 2.54 bits per heavy atom. The molecule has 0 saturated heterocycles. The molecule has 24 heavy (non-hydrogen) atoms. The largest absolute Gasteiger partial charge is 0.366 e. The van der Waals surface area contributed by atoms with Gasteiger partial charge >= 0.3 is 0 Å². The molecular weight excluding hydrogens is 350 g/mol. The summed E-state index contributed by atoms with van der Waals surface area (Å²) in [6.45, 7) is 0.324. The Kier molecular flexibility index (Phi) is 5.13. The number of anilines is 3. The van der Waals surface area contributed by atoms with Crippen molar-refractivity contribution in [3.05, 3.63) is 76.3 Å². The van der Waals surface area contributed by atoms with Crippen LogP contribution in [-0.2, 0) is 6.54 Å². The van der Waals surface area contributed by atoms with E-state index in [2.05, 4.69) is 20.6 Å². The number of halogens is 3. The van der Waals surface area contributed by atoms with Crippen molar-refractivity contribution in [2.24, 2.45) is 0 Å². The molecule has 0 amide bonds. The molecule has 1 aromatic heterocycles. The summed E-state index contributed by atoms with van der Waals surface area (Å²) >= 11 is 12.0. The van der Waals surface area contributed by atoms with Crippen LogP contribution in [0, 0.1) is 5.82 Å². The number of aromatic nitrogens is 2. The zero-order valence-electron chi connectivity index (χ0n) is 12.4. The molecule has 7 heteroatoms. The lowest BCUT2D eigenvalue weighted by Gasteiger charge is -2.10. The first kappa shape index (κ1) is 16.5. The van der Waals surface area contributed by atoms with Crippen LogP contribution in [0.1, 0.15) is 5.56 Å². The average Bonchev–Trinajstić information content (AvgIpc) is 2.57. The molecule has 3 aromatic rings. The van der Waals surface area contributed by atoms with Crippen LogP contribution in [0.3, 0.4) is 0 Å². The minimum Gasteiger partial charge on any atom is -0.366 e. The molecule has 0 aliphatic heterocycles. The van der Waals surface area contributed by atoms with E-state index in [1.54, 1.807) is 42.5 Å². The second-order valence-corrected chi connectivity index (χ2v) is 5.83. The topological polar surface area (TPSA) is 49.8 Å². The van der Waals surface area contributed by atoms with Gasteiger partial charge in [-0.3, -0.25) is 0 Å². The van der Waals surface area contributed by atoms with E-state index < -0.39 is 0 Å². The smallest absolute Gasteiger partial charge is 0.135 e. The van der Waals surface area contributed by atoms with Gasteiger partial charge in [0.2, 0.25) is 0 Å². The molecule has 0 radical (unpaired) electrons. The SMILES string of the molecule is Fc1ccccc1CNc1cc(Nc2ccc(Cl)cc2Cl)ncn1. The highest BCUT2D eigenvalue weighted by Gasteiger charge is 2.05. The number of nitrogens with one attached hydrogen (secondary N) is 2. The lowest BCUT2D eigenvalue weighted by atomic mass is 10.2. The number of hydrogen-bond donors (Lipinski definition) is 2. The van der Waals surface area contributed by atoms with Gasteiger partial charge in [-0.1, -0.05) is 41.4 Å². The molecule has 1 heterocycles. The van der Waals surface area contributed by atoms with Crippen molar-refractivity contribution in [1.82, 2.24) is 9.97 Å². The van der Waals surface area contributed by atoms with Gasteiger partial charge in [0.1, 0.15) is 23.8 Å². The second-order valence-electron chi connectivity index (χ2n) is 4.98. The Balaban J connectivity index is 1.71. The van der Waals surface area contributed by atoms with Crippen molar-refractivity contribution in [1.29, 1.82) is 0 Å². The molecular formula is C17H13Cl2FN4. The number of hydrogen-bond acceptors (Lipinski definition) is 4. The number of nitrogens with zero attached hydrogens (tertiary/aromatic N) is 2. The van der Waals surface area contributed by atoms with Crippen LogP contribution < -0.4 is 10.6 Å². The first-order valence-corrected chi connectivity index (χ1v) is 7.89. The van der Waals surface area contributed by atoms with Crippen LogP contribution in [0.4, 0.5) is 21.7 Å². The van der Waals surface area contributed by atoms with E-state index in [1.807, 2.05) is 0 Å². The van der Waals surface area contributed by atoms with Gasteiger partial charge in [-0.25, -0.2) is 14.4 Å². The summed E-state index contributed by atoms with van der Waals surface area (Å²) < 4.78 is 13.6. The minimum atomic E-state index is -0.259. The van der Waals surface area contributed by atoms with E-state index >= 15 is 0 Å². The van der Waals surface area contributed by atoms with Crippen molar-refractivity contribution in [2.45, 2.75) is 6.54 Å². The zero-order valence-corrected chi connectivity index (χ0v) is 13.9. The summed E-state index contributed by atoms with van der Waals surface area (Å²) in [5.41, 5.74) is 1.24. The highest BCUT2D eigenvalue weighted by molar-refractivity contribution is 6.36. The fourth-order valence-electron chi connectivity index (χ4n) is 2.08. The molecule has 122 valence electrons. The molecule has 0 aliphatic rings. The molecule has 0 aliphatic carbocycles. The minimum absolute atomic E-state index is 0.259. The second kappa shape index (κ2) is 7.47. The molecule has 0 spiro atoms. The molecule has 0 fully saturated rings. The van der Waals surface area contributed by atoms with Crippen LogP contribution in [0.15, 0.2) is 54.9 Å². The summed E-state index contributed by atoms with van der Waals surface area (Å²) in [6, 6.07) is 13.4. The fraction of sp³-hybridized carbons (Fsp3) is 0.0588. The Bertz CT molecular complexity index is 857. The van der Waals surface area contributed by atoms with Crippen LogP contribution >= 0.6 is 23.2 Å². The Morgan fingerprint density at radius 2 is 1.75 bits per heavy atom. The van der Waals surface area contributed by atoms with Crippen molar-refractivity contribution in [3.8, 4) is 0 Å². The van der Waals surface area contributed by atoms with Crippen molar-refractivity contribution in [2.75, 3.05) is 10.6 Å². The van der Waals surface area contributed by atoms with Gasteiger partial charge < -0.3 is 10.6 Å². The van der Waals surface area contributed by atoms with Gasteiger partial charge in [-0.15, -0.1) is 0 Å². The van der Waals surface area contributed by atoms with Crippen LogP contribution in [-0.4, -0.2) is 9.97 Å². The lowest BCUT2D eigenvalue weighted by molar-refractivity contribution is 0.613.